The summed E-state index contributed by atoms with van der Waals surface area (Å²) in [6, 6.07) is 19.9. The van der Waals surface area contributed by atoms with E-state index in [2.05, 4.69) is 28.8 Å². The van der Waals surface area contributed by atoms with Gasteiger partial charge in [0.25, 0.3) is 5.91 Å². The van der Waals surface area contributed by atoms with Crippen molar-refractivity contribution < 1.29 is 9.90 Å². The minimum atomic E-state index is -0.184. The van der Waals surface area contributed by atoms with E-state index in [1.54, 1.807) is 12.1 Å². The van der Waals surface area contributed by atoms with Crippen molar-refractivity contribution in [3.05, 3.63) is 93.0 Å². The third-order valence-corrected chi connectivity index (χ3v) is 6.22. The van der Waals surface area contributed by atoms with E-state index in [0.717, 1.165) is 29.5 Å². The van der Waals surface area contributed by atoms with Crippen LogP contribution in [-0.4, -0.2) is 24.2 Å². The Morgan fingerprint density at radius 2 is 1.87 bits per heavy atom. The maximum absolute atomic E-state index is 12.2. The van der Waals surface area contributed by atoms with E-state index >= 15 is 0 Å². The standard InChI is InChI=1S/C25H24Cl2N2O2/c26-21-8-6-20(23(27)14-21)15-29-24-9-7-16-4-5-18(13-22(16)24)17-2-1-3-19(12-17)25(31)28-10-11-30/h1-6,8,12-14,24,29-30H,7,9-11,15H2,(H,28,31). The molecule has 0 saturated heterocycles. The first-order chi connectivity index (χ1) is 15.0. The molecule has 3 aromatic carbocycles. The minimum absolute atomic E-state index is 0.0775. The number of rotatable bonds is 7. The van der Waals surface area contributed by atoms with Gasteiger partial charge in [0.15, 0.2) is 0 Å². The molecule has 1 aliphatic carbocycles. The molecule has 0 spiro atoms. The highest BCUT2D eigenvalue weighted by molar-refractivity contribution is 6.35. The Labute approximate surface area is 192 Å². The second-order valence-electron chi connectivity index (χ2n) is 7.68. The SMILES string of the molecule is O=C(NCCO)c1cccc(-c2ccc3c(c2)C(NCc2ccc(Cl)cc2Cl)CC3)c1. The number of benzene rings is 3. The number of aryl methyl sites for hydroxylation is 1. The molecule has 1 aliphatic rings. The molecule has 1 unspecified atom stereocenters. The molecule has 1 atom stereocenters. The van der Waals surface area contributed by atoms with Crippen LogP contribution in [0.5, 0.6) is 0 Å². The first-order valence-corrected chi connectivity index (χ1v) is 11.1. The Bertz CT molecular complexity index is 1100. The van der Waals surface area contributed by atoms with Crippen molar-refractivity contribution in [1.82, 2.24) is 10.6 Å². The van der Waals surface area contributed by atoms with Gasteiger partial charge >= 0.3 is 0 Å². The number of hydrogen-bond acceptors (Lipinski definition) is 3. The summed E-state index contributed by atoms with van der Waals surface area (Å²) < 4.78 is 0. The molecular weight excluding hydrogens is 431 g/mol. The lowest BCUT2D eigenvalue weighted by atomic mass is 9.97. The molecule has 3 aromatic rings. The lowest BCUT2D eigenvalue weighted by molar-refractivity contribution is 0.0945. The number of aliphatic hydroxyl groups is 1. The fraction of sp³-hybridized carbons (Fsp3) is 0.240. The van der Waals surface area contributed by atoms with Crippen LogP contribution in [0.1, 0.15) is 39.5 Å². The Kier molecular flexibility index (Phi) is 6.93. The Morgan fingerprint density at radius 1 is 1.03 bits per heavy atom. The van der Waals surface area contributed by atoms with Gasteiger partial charge in [-0.25, -0.2) is 0 Å². The second-order valence-corrected chi connectivity index (χ2v) is 8.53. The Balaban J connectivity index is 1.52. The fourth-order valence-corrected chi connectivity index (χ4v) is 4.48. The molecule has 1 amide bonds. The summed E-state index contributed by atoms with van der Waals surface area (Å²) in [6.07, 6.45) is 2.07. The summed E-state index contributed by atoms with van der Waals surface area (Å²) in [5, 5.41) is 16.6. The monoisotopic (exact) mass is 454 g/mol. The topological polar surface area (TPSA) is 61.4 Å². The number of aliphatic hydroxyl groups excluding tert-OH is 1. The number of fused-ring (bicyclic) bond motifs is 1. The molecule has 0 radical (unpaired) electrons. The normalized spacial score (nSPS) is 15.0. The smallest absolute Gasteiger partial charge is 0.251 e. The Morgan fingerprint density at radius 3 is 2.68 bits per heavy atom. The molecule has 0 saturated carbocycles. The maximum atomic E-state index is 12.2. The van der Waals surface area contributed by atoms with Gasteiger partial charge in [-0.1, -0.05) is 53.5 Å². The molecule has 160 valence electrons. The van der Waals surface area contributed by atoms with Crippen molar-refractivity contribution in [2.24, 2.45) is 0 Å². The van der Waals surface area contributed by atoms with Crippen molar-refractivity contribution in [2.75, 3.05) is 13.2 Å². The van der Waals surface area contributed by atoms with Crippen molar-refractivity contribution in [2.45, 2.75) is 25.4 Å². The van der Waals surface area contributed by atoms with Gasteiger partial charge in [-0.05, 0) is 71.0 Å². The van der Waals surface area contributed by atoms with Crippen LogP contribution < -0.4 is 10.6 Å². The van der Waals surface area contributed by atoms with Crippen LogP contribution in [0.25, 0.3) is 11.1 Å². The number of hydrogen-bond donors (Lipinski definition) is 3. The summed E-state index contributed by atoms with van der Waals surface area (Å²) in [7, 11) is 0. The van der Waals surface area contributed by atoms with Crippen molar-refractivity contribution >= 4 is 29.1 Å². The first kappa shape index (κ1) is 21.8. The van der Waals surface area contributed by atoms with Gasteiger partial charge in [0.05, 0.1) is 6.61 Å². The van der Waals surface area contributed by atoms with Crippen molar-refractivity contribution in [1.29, 1.82) is 0 Å². The quantitative estimate of drug-likeness (QED) is 0.461. The number of carbonyl (C=O) groups is 1. The van der Waals surface area contributed by atoms with Crippen LogP contribution in [0.15, 0.2) is 60.7 Å². The lowest BCUT2D eigenvalue weighted by Gasteiger charge is -2.16. The summed E-state index contributed by atoms with van der Waals surface area (Å²) in [5.41, 5.74) is 6.31. The lowest BCUT2D eigenvalue weighted by Crippen LogP contribution is -2.26. The highest BCUT2D eigenvalue weighted by atomic mass is 35.5. The summed E-state index contributed by atoms with van der Waals surface area (Å²) >= 11 is 12.3. The zero-order valence-corrected chi connectivity index (χ0v) is 18.5. The third kappa shape index (κ3) is 5.10. The zero-order chi connectivity index (χ0) is 21.8. The average molecular weight is 455 g/mol. The highest BCUT2D eigenvalue weighted by Gasteiger charge is 2.23. The average Bonchev–Trinajstić information content (AvgIpc) is 3.19. The van der Waals surface area contributed by atoms with Gasteiger partial charge in [-0.2, -0.15) is 0 Å². The second kappa shape index (κ2) is 9.84. The molecule has 4 rings (SSSR count). The summed E-state index contributed by atoms with van der Waals surface area (Å²) in [4.78, 5) is 12.2. The van der Waals surface area contributed by atoms with Crippen LogP contribution in [0.3, 0.4) is 0 Å². The maximum Gasteiger partial charge on any atom is 0.251 e. The molecule has 6 heteroatoms. The van der Waals surface area contributed by atoms with E-state index in [-0.39, 0.29) is 25.1 Å². The van der Waals surface area contributed by atoms with E-state index in [9.17, 15) is 4.79 Å². The van der Waals surface area contributed by atoms with E-state index in [4.69, 9.17) is 28.3 Å². The van der Waals surface area contributed by atoms with Crippen molar-refractivity contribution in [3.8, 4) is 11.1 Å². The predicted molar refractivity (Wildman–Crippen MR) is 126 cm³/mol. The van der Waals surface area contributed by atoms with E-state index in [0.29, 0.717) is 22.2 Å². The number of nitrogens with one attached hydrogen (secondary N) is 2. The van der Waals surface area contributed by atoms with Gasteiger partial charge in [-0.3, -0.25) is 4.79 Å². The largest absolute Gasteiger partial charge is 0.395 e. The molecular formula is C25H24Cl2N2O2. The van der Waals surface area contributed by atoms with E-state index in [1.165, 1.54) is 11.1 Å². The minimum Gasteiger partial charge on any atom is -0.395 e. The van der Waals surface area contributed by atoms with Crippen LogP contribution in [-0.2, 0) is 13.0 Å². The van der Waals surface area contributed by atoms with Crippen LogP contribution in [0.2, 0.25) is 10.0 Å². The number of carbonyl (C=O) groups excluding carboxylic acids is 1. The van der Waals surface area contributed by atoms with E-state index in [1.807, 2.05) is 30.3 Å². The van der Waals surface area contributed by atoms with Gasteiger partial charge in [-0.15, -0.1) is 0 Å². The molecule has 31 heavy (non-hydrogen) atoms. The fourth-order valence-electron chi connectivity index (χ4n) is 4.00. The molecule has 0 aliphatic heterocycles. The zero-order valence-electron chi connectivity index (χ0n) is 17.0. The highest BCUT2D eigenvalue weighted by Crippen LogP contribution is 2.35. The number of amides is 1. The van der Waals surface area contributed by atoms with E-state index < -0.39 is 0 Å². The first-order valence-electron chi connectivity index (χ1n) is 10.3. The van der Waals surface area contributed by atoms with Gasteiger partial charge < -0.3 is 15.7 Å². The summed E-state index contributed by atoms with van der Waals surface area (Å²) in [6.45, 7) is 0.837. The summed E-state index contributed by atoms with van der Waals surface area (Å²) in [5.74, 6) is -0.184. The van der Waals surface area contributed by atoms with Gasteiger partial charge in [0, 0.05) is 34.7 Å². The molecule has 0 fully saturated rings. The molecule has 0 aromatic heterocycles. The van der Waals surface area contributed by atoms with Gasteiger partial charge in [0.2, 0.25) is 0 Å². The van der Waals surface area contributed by atoms with Crippen molar-refractivity contribution in [3.63, 3.8) is 0 Å². The van der Waals surface area contributed by atoms with Crippen LogP contribution in [0.4, 0.5) is 0 Å². The molecule has 3 N–H and O–H groups in total. The van der Waals surface area contributed by atoms with Gasteiger partial charge in [0.1, 0.15) is 0 Å². The third-order valence-electron chi connectivity index (χ3n) is 5.63. The molecule has 0 heterocycles. The molecule has 4 nitrogen and oxygen atoms in total. The van der Waals surface area contributed by atoms with Crippen LogP contribution >= 0.6 is 23.2 Å². The molecule has 0 bridgehead atoms. The predicted octanol–water partition coefficient (Wildman–Crippen LogP) is 5.16. The number of halogens is 2. The Hall–Kier alpha value is -2.37. The van der Waals surface area contributed by atoms with Crippen LogP contribution in [0, 0.1) is 0 Å².